The predicted molar refractivity (Wildman–Crippen MR) is 40.8 cm³/mol. The molecular weight excluding hydrogens is 209 g/mol. The normalized spacial score (nSPS) is 19.8. The Labute approximate surface area is 51.3 Å². The van der Waals surface area contributed by atoms with Crippen LogP contribution in [0.5, 0.6) is 0 Å². The largest absolute Gasteiger partial charge is 0.220 e. The van der Waals surface area contributed by atoms with E-state index in [2.05, 4.69) is 6.55 Å². The highest BCUT2D eigenvalue weighted by molar-refractivity contribution is 14.2. The highest BCUT2D eigenvalue weighted by Gasteiger charge is 1.90. The molecule has 0 spiro atoms. The van der Waals surface area contributed by atoms with E-state index in [1.54, 1.807) is 11.8 Å². The SMILES string of the molecule is CC1=NI=CS1. The molecule has 34 valence electrons. The number of nitrogens with zero attached hydrogens (tertiary/aromatic N) is 1. The van der Waals surface area contributed by atoms with Crippen molar-refractivity contribution >= 4 is 41.2 Å². The molecule has 0 aromatic carbocycles. The van der Waals surface area contributed by atoms with Crippen LogP contribution in [-0.4, -0.2) is 8.39 Å². The fourth-order valence-corrected chi connectivity index (χ4v) is 3.23. The van der Waals surface area contributed by atoms with Gasteiger partial charge < -0.3 is 0 Å². The van der Waals surface area contributed by atoms with Crippen molar-refractivity contribution in [3.63, 3.8) is 0 Å². The van der Waals surface area contributed by atoms with Gasteiger partial charge in [0.2, 0.25) is 0 Å². The van der Waals surface area contributed by atoms with Gasteiger partial charge in [0.1, 0.15) is 0 Å². The van der Waals surface area contributed by atoms with Crippen LogP contribution in [0.15, 0.2) is 3.21 Å². The molecular formula is C3H4INS. The third-order valence-electron chi connectivity index (χ3n) is 0.423. The maximum absolute atomic E-state index is 4.17. The number of hydrogen-bond donors (Lipinski definition) is 0. The Kier molecular flexibility index (Phi) is 1.64. The summed E-state index contributed by atoms with van der Waals surface area (Å²) in [7, 11) is 0. The second-order valence-electron chi connectivity index (χ2n) is 0.908. The highest BCUT2D eigenvalue weighted by atomic mass is 127. The van der Waals surface area contributed by atoms with Gasteiger partial charge in [0.05, 0.1) is 5.04 Å². The standard InChI is InChI=1S/C3H4INS/c1-3-5-4-2-6-3/h2H,1H3. The van der Waals surface area contributed by atoms with Crippen molar-refractivity contribution in [1.82, 2.24) is 0 Å². The first kappa shape index (κ1) is 4.77. The molecule has 1 rings (SSSR count). The summed E-state index contributed by atoms with van der Waals surface area (Å²) in [6.45, 7) is 2.05. The minimum atomic E-state index is 0.128. The fourth-order valence-electron chi connectivity index (χ4n) is 0.193. The number of rotatable bonds is 0. The lowest BCUT2D eigenvalue weighted by molar-refractivity contribution is 1.92. The third kappa shape index (κ3) is 1.04. The van der Waals surface area contributed by atoms with Gasteiger partial charge in [-0.2, -0.15) is 0 Å². The molecule has 0 saturated carbocycles. The predicted octanol–water partition coefficient (Wildman–Crippen LogP) is 1.80. The maximum Gasteiger partial charge on any atom is 0.0808 e. The molecule has 0 atom stereocenters. The monoisotopic (exact) mass is 213 g/mol. The summed E-state index contributed by atoms with van der Waals surface area (Å²) in [5.41, 5.74) is 0. The van der Waals surface area contributed by atoms with E-state index in [0.29, 0.717) is 0 Å². The van der Waals surface area contributed by atoms with Crippen molar-refractivity contribution in [2.45, 2.75) is 6.92 Å². The number of hydrogen-bond acceptors (Lipinski definition) is 2. The van der Waals surface area contributed by atoms with Gasteiger partial charge in [-0.25, -0.2) is 3.21 Å². The van der Waals surface area contributed by atoms with E-state index in [1.165, 1.54) is 5.04 Å². The second kappa shape index (κ2) is 2.07. The molecule has 0 unspecified atom stereocenters. The first-order valence-electron chi connectivity index (χ1n) is 1.55. The van der Waals surface area contributed by atoms with Crippen LogP contribution in [0.4, 0.5) is 0 Å². The van der Waals surface area contributed by atoms with Crippen molar-refractivity contribution in [3.8, 4) is 0 Å². The van der Waals surface area contributed by atoms with Crippen molar-refractivity contribution in [2.75, 3.05) is 0 Å². The Morgan fingerprint density at radius 3 is 3.00 bits per heavy atom. The smallest absolute Gasteiger partial charge is 0.0808 e. The van der Waals surface area contributed by atoms with Crippen LogP contribution in [0.3, 0.4) is 0 Å². The molecule has 0 aromatic rings. The third-order valence-corrected chi connectivity index (χ3v) is 3.80. The zero-order valence-electron chi connectivity index (χ0n) is 3.31. The molecule has 0 fully saturated rings. The van der Waals surface area contributed by atoms with E-state index < -0.39 is 0 Å². The van der Waals surface area contributed by atoms with E-state index in [1.807, 2.05) is 6.92 Å². The van der Waals surface area contributed by atoms with Crippen molar-refractivity contribution in [3.05, 3.63) is 0 Å². The molecule has 6 heavy (non-hydrogen) atoms. The molecule has 0 aliphatic carbocycles. The Morgan fingerprint density at radius 2 is 2.83 bits per heavy atom. The summed E-state index contributed by atoms with van der Waals surface area (Å²) in [6, 6.07) is 0. The Hall–Kier alpha value is 0.620. The average molecular weight is 213 g/mol. The van der Waals surface area contributed by atoms with E-state index in [-0.39, 0.29) is 21.0 Å². The topological polar surface area (TPSA) is 12.4 Å². The summed E-state index contributed by atoms with van der Waals surface area (Å²) >= 11 is 1.90. The maximum atomic E-state index is 4.17. The Morgan fingerprint density at radius 1 is 2.00 bits per heavy atom. The van der Waals surface area contributed by atoms with Gasteiger partial charge in [0, 0.05) is 24.3 Å². The zero-order valence-corrected chi connectivity index (χ0v) is 6.28. The van der Waals surface area contributed by atoms with Crippen LogP contribution < -0.4 is 0 Å². The van der Waals surface area contributed by atoms with Crippen LogP contribution in [0, 0.1) is 0 Å². The average Bonchev–Trinajstić information content (AvgIpc) is 1.86. The van der Waals surface area contributed by atoms with E-state index in [4.69, 9.17) is 0 Å². The van der Waals surface area contributed by atoms with Gasteiger partial charge >= 0.3 is 0 Å². The van der Waals surface area contributed by atoms with Gasteiger partial charge in [-0.05, 0) is 6.92 Å². The first-order valence-corrected chi connectivity index (χ1v) is 4.64. The quantitative estimate of drug-likeness (QED) is 0.559. The molecule has 0 aromatic heterocycles. The zero-order chi connectivity index (χ0) is 4.41. The molecule has 1 aliphatic rings. The first-order chi connectivity index (χ1) is 2.89. The minimum absolute atomic E-state index is 0.128. The highest BCUT2D eigenvalue weighted by Crippen LogP contribution is 2.16. The molecule has 0 bridgehead atoms. The van der Waals surface area contributed by atoms with Gasteiger partial charge in [0.25, 0.3) is 0 Å². The minimum Gasteiger partial charge on any atom is -0.220 e. The Balaban J connectivity index is 2.61. The summed E-state index contributed by atoms with van der Waals surface area (Å²) in [5, 5.41) is 1.24. The molecule has 0 N–H and O–H groups in total. The van der Waals surface area contributed by atoms with Crippen LogP contribution in [0.1, 0.15) is 6.92 Å². The van der Waals surface area contributed by atoms with Crippen LogP contribution in [0.2, 0.25) is 0 Å². The summed E-state index contributed by atoms with van der Waals surface area (Å²) in [4.78, 5) is 0. The fraction of sp³-hybridized carbons (Fsp3) is 0.333. The van der Waals surface area contributed by atoms with E-state index in [9.17, 15) is 0 Å². The van der Waals surface area contributed by atoms with Crippen molar-refractivity contribution < 1.29 is 0 Å². The summed E-state index contributed by atoms with van der Waals surface area (Å²) < 4.78 is 6.37. The van der Waals surface area contributed by atoms with Crippen LogP contribution >= 0.6 is 32.8 Å². The van der Waals surface area contributed by atoms with Gasteiger partial charge in [-0.15, -0.1) is 0 Å². The summed E-state index contributed by atoms with van der Waals surface area (Å²) in [6.07, 6.45) is 0. The lowest BCUT2D eigenvalue weighted by atomic mass is 10.9. The molecule has 3 heteroatoms. The lowest BCUT2D eigenvalue weighted by Crippen LogP contribution is -1.70. The van der Waals surface area contributed by atoms with Crippen LogP contribution in [-0.2, 0) is 0 Å². The van der Waals surface area contributed by atoms with Gasteiger partial charge in [-0.1, -0.05) is 11.8 Å². The molecule has 0 saturated heterocycles. The van der Waals surface area contributed by atoms with Crippen LogP contribution in [0.25, 0.3) is 0 Å². The molecule has 1 heterocycles. The van der Waals surface area contributed by atoms with Gasteiger partial charge in [-0.3, -0.25) is 0 Å². The van der Waals surface area contributed by atoms with E-state index in [0.717, 1.165) is 0 Å². The lowest BCUT2D eigenvalue weighted by Gasteiger charge is -1.74. The van der Waals surface area contributed by atoms with Crippen molar-refractivity contribution in [2.24, 2.45) is 3.21 Å². The second-order valence-corrected chi connectivity index (χ2v) is 4.48. The molecule has 0 radical (unpaired) electrons. The number of thioether (sulfide) groups is 1. The van der Waals surface area contributed by atoms with Crippen molar-refractivity contribution in [1.29, 1.82) is 0 Å². The van der Waals surface area contributed by atoms with E-state index >= 15 is 0 Å². The molecule has 1 aliphatic heterocycles. The Bertz CT molecular complexity index is 107. The van der Waals surface area contributed by atoms with Gasteiger partial charge in [0.15, 0.2) is 0 Å². The molecule has 1 nitrogen and oxygen atoms in total. The molecule has 0 amide bonds. The number of halogens is 1. The summed E-state index contributed by atoms with van der Waals surface area (Å²) in [5.74, 6) is 0.